The molecule has 110 valence electrons. The van der Waals surface area contributed by atoms with Gasteiger partial charge in [-0.25, -0.2) is 0 Å². The second-order valence-corrected chi connectivity index (χ2v) is 6.90. The zero-order chi connectivity index (χ0) is 13.9. The monoisotopic (exact) mass is 339 g/mol. The molecule has 1 heterocycles. The quantitative estimate of drug-likeness (QED) is 0.864. The molecule has 2 atom stereocenters. The summed E-state index contributed by atoms with van der Waals surface area (Å²) in [4.78, 5) is 2.46. The highest BCUT2D eigenvalue weighted by Gasteiger charge is 2.32. The van der Waals surface area contributed by atoms with E-state index in [0.29, 0.717) is 12.0 Å². The van der Waals surface area contributed by atoms with Crippen molar-refractivity contribution in [1.29, 1.82) is 0 Å². The lowest BCUT2D eigenvalue weighted by atomic mass is 10.1. The molecule has 0 amide bonds. The average Bonchev–Trinajstić information content (AvgIpc) is 3.17. The van der Waals surface area contributed by atoms with E-state index in [-0.39, 0.29) is 0 Å². The van der Waals surface area contributed by atoms with Crippen LogP contribution in [-0.4, -0.2) is 42.4 Å². The summed E-state index contributed by atoms with van der Waals surface area (Å²) in [5.41, 5.74) is 1.00. The van der Waals surface area contributed by atoms with Gasteiger partial charge in [-0.15, -0.1) is 0 Å². The summed E-state index contributed by atoms with van der Waals surface area (Å²) in [6.45, 7) is 3.59. The van der Waals surface area contributed by atoms with Crippen LogP contribution >= 0.6 is 15.9 Å². The normalized spacial score (nSPS) is 24.2. The highest BCUT2D eigenvalue weighted by Crippen LogP contribution is 2.31. The number of rotatable bonds is 6. The smallest absolute Gasteiger partial charge is 0.0917 e. The van der Waals surface area contributed by atoms with Gasteiger partial charge in [0.15, 0.2) is 0 Å². The van der Waals surface area contributed by atoms with Crippen LogP contribution in [0.25, 0.3) is 0 Å². The van der Waals surface area contributed by atoms with Gasteiger partial charge >= 0.3 is 0 Å². The molecule has 1 saturated carbocycles. The van der Waals surface area contributed by atoms with Gasteiger partial charge in [-0.05, 0) is 42.9 Å². The zero-order valence-electron chi connectivity index (χ0n) is 11.7. The van der Waals surface area contributed by atoms with Crippen LogP contribution in [0.15, 0.2) is 28.7 Å². The number of aliphatic hydroxyl groups is 1. The number of hydrogen-bond acceptors (Lipinski definition) is 3. The van der Waals surface area contributed by atoms with E-state index in [1.165, 1.54) is 12.8 Å². The fraction of sp³-hybridized carbons (Fsp3) is 0.625. The van der Waals surface area contributed by atoms with E-state index in [9.17, 15) is 5.11 Å². The molecule has 1 aliphatic carbocycles. The van der Waals surface area contributed by atoms with Gasteiger partial charge in [0.1, 0.15) is 0 Å². The lowest BCUT2D eigenvalue weighted by Crippen LogP contribution is -2.35. The van der Waals surface area contributed by atoms with Gasteiger partial charge in [-0.1, -0.05) is 28.1 Å². The van der Waals surface area contributed by atoms with Gasteiger partial charge in [-0.3, -0.25) is 4.90 Å². The molecular weight excluding hydrogens is 318 g/mol. The van der Waals surface area contributed by atoms with Crippen LogP contribution in [0.3, 0.4) is 0 Å². The number of benzene rings is 1. The van der Waals surface area contributed by atoms with Crippen LogP contribution in [0.1, 0.15) is 30.9 Å². The van der Waals surface area contributed by atoms with Gasteiger partial charge < -0.3 is 9.84 Å². The van der Waals surface area contributed by atoms with Crippen LogP contribution in [0.4, 0.5) is 0 Å². The van der Waals surface area contributed by atoms with Gasteiger partial charge in [0.05, 0.1) is 12.7 Å². The topological polar surface area (TPSA) is 32.7 Å². The third kappa shape index (κ3) is 3.82. The molecule has 4 heteroatoms. The molecule has 0 spiro atoms. The molecule has 20 heavy (non-hydrogen) atoms. The molecule has 0 bridgehead atoms. The molecule has 0 radical (unpaired) electrons. The van der Waals surface area contributed by atoms with Crippen molar-refractivity contribution < 1.29 is 9.84 Å². The Morgan fingerprint density at radius 3 is 2.60 bits per heavy atom. The number of hydrogen-bond donors (Lipinski definition) is 1. The highest BCUT2D eigenvalue weighted by atomic mass is 79.9. The fourth-order valence-corrected chi connectivity index (χ4v) is 3.15. The Hall–Kier alpha value is -0.420. The van der Waals surface area contributed by atoms with Crippen LogP contribution in [0.5, 0.6) is 0 Å². The lowest BCUT2D eigenvalue weighted by molar-refractivity contribution is 0.0940. The van der Waals surface area contributed by atoms with Gasteiger partial charge in [-0.2, -0.15) is 0 Å². The molecule has 3 rings (SSSR count). The Bertz CT molecular complexity index is 427. The van der Waals surface area contributed by atoms with Gasteiger partial charge in [0.2, 0.25) is 0 Å². The van der Waals surface area contributed by atoms with E-state index in [2.05, 4.69) is 20.8 Å². The summed E-state index contributed by atoms with van der Waals surface area (Å²) in [6.07, 6.45) is 3.32. The van der Waals surface area contributed by atoms with Crippen molar-refractivity contribution in [2.45, 2.75) is 31.4 Å². The van der Waals surface area contributed by atoms with Gasteiger partial charge in [0.25, 0.3) is 0 Å². The standard InChI is InChI=1S/C16H22BrNO2/c17-14-3-1-13(2-4-14)16(19)10-18(15-5-6-15)9-12-7-8-20-11-12/h1-4,12,15-16,19H,5-11H2/t12-,16-/m0/s1. The van der Waals surface area contributed by atoms with E-state index in [1.54, 1.807) is 0 Å². The Labute approximate surface area is 129 Å². The first-order chi connectivity index (χ1) is 9.72. The minimum atomic E-state index is -0.397. The van der Waals surface area contributed by atoms with Crippen molar-refractivity contribution in [3.8, 4) is 0 Å². The molecule has 2 fully saturated rings. The highest BCUT2D eigenvalue weighted by molar-refractivity contribution is 9.10. The summed E-state index contributed by atoms with van der Waals surface area (Å²) in [7, 11) is 0. The summed E-state index contributed by atoms with van der Waals surface area (Å²) in [5.74, 6) is 0.646. The van der Waals surface area contributed by atoms with E-state index >= 15 is 0 Å². The second-order valence-electron chi connectivity index (χ2n) is 5.98. The maximum absolute atomic E-state index is 10.4. The maximum Gasteiger partial charge on any atom is 0.0917 e. The van der Waals surface area contributed by atoms with Crippen LogP contribution in [-0.2, 0) is 4.74 Å². The average molecular weight is 340 g/mol. The summed E-state index contributed by atoms with van der Waals surface area (Å²) >= 11 is 3.43. The van der Waals surface area contributed by atoms with Crippen LogP contribution < -0.4 is 0 Å². The third-order valence-corrected chi connectivity index (χ3v) is 4.77. The minimum Gasteiger partial charge on any atom is -0.387 e. The number of halogens is 1. The van der Waals surface area contributed by atoms with Crippen molar-refractivity contribution in [2.75, 3.05) is 26.3 Å². The number of nitrogens with zero attached hydrogens (tertiary/aromatic N) is 1. The Morgan fingerprint density at radius 2 is 2.00 bits per heavy atom. The fourth-order valence-electron chi connectivity index (χ4n) is 2.88. The molecule has 1 N–H and O–H groups in total. The lowest BCUT2D eigenvalue weighted by Gasteiger charge is -2.27. The third-order valence-electron chi connectivity index (χ3n) is 4.24. The zero-order valence-corrected chi connectivity index (χ0v) is 13.3. The predicted molar refractivity (Wildman–Crippen MR) is 82.6 cm³/mol. The minimum absolute atomic E-state index is 0.397. The summed E-state index contributed by atoms with van der Waals surface area (Å²) in [6, 6.07) is 8.66. The van der Waals surface area contributed by atoms with Crippen molar-refractivity contribution in [3.05, 3.63) is 34.3 Å². The number of ether oxygens (including phenoxy) is 1. The molecule has 1 aromatic rings. The van der Waals surface area contributed by atoms with Gasteiger partial charge in [0, 0.05) is 30.2 Å². The molecule has 1 aromatic carbocycles. The number of aliphatic hydroxyl groups excluding tert-OH is 1. The largest absolute Gasteiger partial charge is 0.387 e. The van der Waals surface area contributed by atoms with Crippen LogP contribution in [0.2, 0.25) is 0 Å². The molecule has 0 aromatic heterocycles. The first kappa shape index (κ1) is 14.5. The maximum atomic E-state index is 10.4. The predicted octanol–water partition coefficient (Wildman–Crippen LogP) is 2.98. The second kappa shape index (κ2) is 6.56. The summed E-state index contributed by atoms with van der Waals surface area (Å²) in [5, 5.41) is 10.4. The molecular formula is C16H22BrNO2. The first-order valence-corrected chi connectivity index (χ1v) is 8.27. The van der Waals surface area contributed by atoms with E-state index in [4.69, 9.17) is 4.74 Å². The molecule has 1 aliphatic heterocycles. The Morgan fingerprint density at radius 1 is 1.25 bits per heavy atom. The van der Waals surface area contributed by atoms with Crippen molar-refractivity contribution >= 4 is 15.9 Å². The molecule has 3 nitrogen and oxygen atoms in total. The van der Waals surface area contributed by atoms with E-state index < -0.39 is 6.10 Å². The summed E-state index contributed by atoms with van der Waals surface area (Å²) < 4.78 is 6.52. The first-order valence-electron chi connectivity index (χ1n) is 7.47. The van der Waals surface area contributed by atoms with Crippen LogP contribution in [0, 0.1) is 5.92 Å². The molecule has 2 aliphatic rings. The SMILES string of the molecule is O[C@@H](CN(C[C@@H]1CCOC1)C1CC1)c1ccc(Br)cc1. The van der Waals surface area contributed by atoms with Crippen molar-refractivity contribution in [1.82, 2.24) is 4.90 Å². The Kier molecular flexibility index (Phi) is 4.76. The van der Waals surface area contributed by atoms with Crippen molar-refractivity contribution in [2.24, 2.45) is 5.92 Å². The molecule has 1 saturated heterocycles. The Balaban J connectivity index is 1.59. The van der Waals surface area contributed by atoms with E-state index in [0.717, 1.165) is 42.8 Å². The van der Waals surface area contributed by atoms with Crippen molar-refractivity contribution in [3.63, 3.8) is 0 Å². The van der Waals surface area contributed by atoms with E-state index in [1.807, 2.05) is 24.3 Å². The molecule has 0 unspecified atom stereocenters.